The summed E-state index contributed by atoms with van der Waals surface area (Å²) >= 11 is 0. The van der Waals surface area contributed by atoms with E-state index >= 15 is 0 Å². The number of rotatable bonds is 6. The van der Waals surface area contributed by atoms with Crippen LogP contribution in [0.2, 0.25) is 0 Å². The summed E-state index contributed by atoms with van der Waals surface area (Å²) in [7, 11) is 0. The Kier molecular flexibility index (Phi) is 5.50. The van der Waals surface area contributed by atoms with Crippen LogP contribution in [0, 0.1) is 6.92 Å². The van der Waals surface area contributed by atoms with E-state index < -0.39 is 0 Å². The van der Waals surface area contributed by atoms with Crippen molar-refractivity contribution in [2.45, 2.75) is 38.6 Å². The van der Waals surface area contributed by atoms with E-state index in [0.29, 0.717) is 5.56 Å². The van der Waals surface area contributed by atoms with E-state index in [9.17, 15) is 4.79 Å². The van der Waals surface area contributed by atoms with Crippen LogP contribution in [0.5, 0.6) is 11.5 Å². The number of carbonyl (C=O) groups is 1. The number of nitrogens with zero attached hydrogens (tertiary/aromatic N) is 2. The van der Waals surface area contributed by atoms with E-state index in [4.69, 9.17) is 4.74 Å². The number of para-hydroxylation sites is 1. The standard InChI is InChI=1S/C26H26N4O2/c1-18-23(26(31)29-19-7-5-6-8-19)17-30-25(18)24(15-16-27-30)28-20-11-13-22(14-12-20)32-21-9-3-2-4-10-21/h2-4,9-17,19,28H,5-8H2,1H3,(H,29,31). The van der Waals surface area contributed by atoms with Crippen LogP contribution < -0.4 is 15.4 Å². The summed E-state index contributed by atoms with van der Waals surface area (Å²) in [4.78, 5) is 12.9. The molecule has 0 unspecified atom stereocenters. The van der Waals surface area contributed by atoms with Gasteiger partial charge in [0.1, 0.15) is 11.5 Å². The fourth-order valence-corrected chi connectivity index (χ4v) is 4.31. The normalized spacial score (nSPS) is 13.9. The molecule has 0 saturated heterocycles. The summed E-state index contributed by atoms with van der Waals surface area (Å²) in [6.07, 6.45) is 8.05. The number of ether oxygens (including phenoxy) is 1. The number of aryl methyl sites for hydroxylation is 1. The predicted octanol–water partition coefficient (Wildman–Crippen LogP) is 5.85. The maximum Gasteiger partial charge on any atom is 0.253 e. The van der Waals surface area contributed by atoms with E-state index in [1.807, 2.05) is 73.8 Å². The van der Waals surface area contributed by atoms with E-state index in [0.717, 1.165) is 46.8 Å². The van der Waals surface area contributed by atoms with Gasteiger partial charge < -0.3 is 15.4 Å². The second-order valence-corrected chi connectivity index (χ2v) is 8.23. The molecule has 1 aliphatic carbocycles. The Hall–Kier alpha value is -3.80. The average Bonchev–Trinajstić information content (AvgIpc) is 3.44. The number of carbonyl (C=O) groups excluding carboxylic acids is 1. The topological polar surface area (TPSA) is 67.7 Å². The van der Waals surface area contributed by atoms with Crippen molar-refractivity contribution in [3.8, 4) is 11.5 Å². The quantitative estimate of drug-likeness (QED) is 0.406. The molecular weight excluding hydrogens is 400 g/mol. The third-order valence-corrected chi connectivity index (χ3v) is 5.97. The van der Waals surface area contributed by atoms with Crippen molar-refractivity contribution in [1.82, 2.24) is 14.9 Å². The number of hydrogen-bond donors (Lipinski definition) is 2. The first-order valence-electron chi connectivity index (χ1n) is 11.1. The van der Waals surface area contributed by atoms with Gasteiger partial charge in [-0.05, 0) is 67.8 Å². The molecule has 5 rings (SSSR count). The zero-order valence-corrected chi connectivity index (χ0v) is 18.0. The van der Waals surface area contributed by atoms with Crippen LogP contribution in [0.1, 0.15) is 41.6 Å². The third-order valence-electron chi connectivity index (χ3n) is 5.97. The molecule has 0 atom stereocenters. The Bertz CT molecular complexity index is 1230. The molecule has 0 aliphatic heterocycles. The molecule has 1 amide bonds. The van der Waals surface area contributed by atoms with E-state index in [1.165, 1.54) is 12.8 Å². The van der Waals surface area contributed by atoms with Gasteiger partial charge in [0, 0.05) is 24.1 Å². The molecule has 0 bridgehead atoms. The number of amides is 1. The largest absolute Gasteiger partial charge is 0.457 e. The number of benzene rings is 2. The monoisotopic (exact) mass is 426 g/mol. The SMILES string of the molecule is Cc1c(C(=O)NC2CCCC2)cn2nccc(Nc3ccc(Oc4ccccc4)cc3)c12. The first-order chi connectivity index (χ1) is 15.7. The van der Waals surface area contributed by atoms with Gasteiger partial charge >= 0.3 is 0 Å². The summed E-state index contributed by atoms with van der Waals surface area (Å²) in [5.74, 6) is 1.55. The molecule has 32 heavy (non-hydrogen) atoms. The molecule has 6 heteroatoms. The molecule has 2 heterocycles. The molecule has 2 aromatic heterocycles. The van der Waals surface area contributed by atoms with Crippen LogP contribution in [0.25, 0.3) is 5.52 Å². The first-order valence-corrected chi connectivity index (χ1v) is 11.1. The second-order valence-electron chi connectivity index (χ2n) is 8.23. The third kappa shape index (κ3) is 4.17. The first kappa shape index (κ1) is 20.1. The van der Waals surface area contributed by atoms with Crippen LogP contribution in [-0.4, -0.2) is 21.6 Å². The van der Waals surface area contributed by atoms with Crippen LogP contribution in [-0.2, 0) is 0 Å². The lowest BCUT2D eigenvalue weighted by Gasteiger charge is -2.12. The van der Waals surface area contributed by atoms with Crippen LogP contribution in [0.4, 0.5) is 11.4 Å². The summed E-state index contributed by atoms with van der Waals surface area (Å²) < 4.78 is 7.64. The molecular formula is C26H26N4O2. The summed E-state index contributed by atoms with van der Waals surface area (Å²) in [6, 6.07) is 19.7. The fraction of sp³-hybridized carbons (Fsp3) is 0.231. The van der Waals surface area contributed by atoms with Gasteiger partial charge in [0.05, 0.1) is 16.8 Å². The van der Waals surface area contributed by atoms with Gasteiger partial charge in [-0.3, -0.25) is 4.79 Å². The molecule has 1 saturated carbocycles. The van der Waals surface area contributed by atoms with Crippen molar-refractivity contribution >= 4 is 22.8 Å². The van der Waals surface area contributed by atoms with Crippen LogP contribution >= 0.6 is 0 Å². The summed E-state index contributed by atoms with van der Waals surface area (Å²) in [5, 5.41) is 11.1. The number of nitrogens with one attached hydrogen (secondary N) is 2. The zero-order chi connectivity index (χ0) is 21.9. The second kappa shape index (κ2) is 8.75. The van der Waals surface area contributed by atoms with Crippen molar-refractivity contribution < 1.29 is 9.53 Å². The number of fused-ring (bicyclic) bond motifs is 1. The molecule has 1 aliphatic rings. The number of hydrogen-bond acceptors (Lipinski definition) is 4. The van der Waals surface area contributed by atoms with E-state index in [1.54, 1.807) is 10.7 Å². The maximum atomic E-state index is 12.9. The Balaban J connectivity index is 1.36. The van der Waals surface area contributed by atoms with Gasteiger partial charge in [-0.15, -0.1) is 0 Å². The Morgan fingerprint density at radius 3 is 2.47 bits per heavy atom. The highest BCUT2D eigenvalue weighted by Crippen LogP contribution is 2.29. The highest BCUT2D eigenvalue weighted by atomic mass is 16.5. The smallest absolute Gasteiger partial charge is 0.253 e. The molecule has 2 aromatic carbocycles. The van der Waals surface area contributed by atoms with Gasteiger partial charge in [0.2, 0.25) is 0 Å². The summed E-state index contributed by atoms with van der Waals surface area (Å²) in [5.41, 5.74) is 4.31. The molecule has 0 radical (unpaired) electrons. The molecule has 162 valence electrons. The van der Waals surface area contributed by atoms with E-state index in [-0.39, 0.29) is 11.9 Å². The maximum absolute atomic E-state index is 12.9. The van der Waals surface area contributed by atoms with Gasteiger partial charge in [-0.2, -0.15) is 5.10 Å². The van der Waals surface area contributed by atoms with Crippen molar-refractivity contribution in [1.29, 1.82) is 0 Å². The van der Waals surface area contributed by atoms with Crippen LogP contribution in [0.3, 0.4) is 0 Å². The zero-order valence-electron chi connectivity index (χ0n) is 18.0. The Morgan fingerprint density at radius 2 is 1.72 bits per heavy atom. The highest BCUT2D eigenvalue weighted by Gasteiger charge is 2.22. The Morgan fingerprint density at radius 1 is 1.00 bits per heavy atom. The fourth-order valence-electron chi connectivity index (χ4n) is 4.31. The summed E-state index contributed by atoms with van der Waals surface area (Å²) in [6.45, 7) is 1.97. The molecule has 6 nitrogen and oxygen atoms in total. The Labute approximate surface area is 187 Å². The lowest BCUT2D eigenvalue weighted by molar-refractivity contribution is 0.0937. The molecule has 0 spiro atoms. The number of anilines is 2. The van der Waals surface area contributed by atoms with Gasteiger partial charge in [-0.25, -0.2) is 4.52 Å². The van der Waals surface area contributed by atoms with Crippen molar-refractivity contribution in [2.75, 3.05) is 5.32 Å². The lowest BCUT2D eigenvalue weighted by Crippen LogP contribution is -2.32. The lowest BCUT2D eigenvalue weighted by atomic mass is 10.1. The van der Waals surface area contributed by atoms with E-state index in [2.05, 4.69) is 15.7 Å². The van der Waals surface area contributed by atoms with Crippen molar-refractivity contribution in [2.24, 2.45) is 0 Å². The highest BCUT2D eigenvalue weighted by molar-refractivity contribution is 5.99. The minimum atomic E-state index is -0.0201. The van der Waals surface area contributed by atoms with Gasteiger partial charge in [0.15, 0.2) is 0 Å². The van der Waals surface area contributed by atoms with Gasteiger partial charge in [-0.1, -0.05) is 31.0 Å². The average molecular weight is 427 g/mol. The molecule has 4 aromatic rings. The number of aromatic nitrogens is 2. The van der Waals surface area contributed by atoms with Crippen LogP contribution in [0.15, 0.2) is 73.1 Å². The molecule has 1 fully saturated rings. The minimum Gasteiger partial charge on any atom is -0.457 e. The van der Waals surface area contributed by atoms with Crippen molar-refractivity contribution in [3.63, 3.8) is 0 Å². The van der Waals surface area contributed by atoms with Crippen molar-refractivity contribution in [3.05, 3.63) is 84.2 Å². The molecule has 2 N–H and O–H groups in total. The predicted molar refractivity (Wildman–Crippen MR) is 126 cm³/mol. The minimum absolute atomic E-state index is 0.0201. The van der Waals surface area contributed by atoms with Gasteiger partial charge in [0.25, 0.3) is 5.91 Å².